The van der Waals surface area contributed by atoms with E-state index >= 15 is 0 Å². The summed E-state index contributed by atoms with van der Waals surface area (Å²) in [5.74, 6) is 0.125. The lowest BCUT2D eigenvalue weighted by Crippen LogP contribution is -2.57. The van der Waals surface area contributed by atoms with Crippen LogP contribution < -0.4 is 34.8 Å². The van der Waals surface area contributed by atoms with Crippen LogP contribution in [0.4, 0.5) is 40.2 Å². The number of hydrogen-bond acceptors (Lipinski definition) is 15. The van der Waals surface area contributed by atoms with Crippen molar-refractivity contribution < 1.29 is 32.3 Å². The van der Waals surface area contributed by atoms with E-state index in [2.05, 4.69) is 59.6 Å². The summed E-state index contributed by atoms with van der Waals surface area (Å²) in [7, 11) is -1.80. The van der Waals surface area contributed by atoms with Crippen molar-refractivity contribution in [1.82, 2.24) is 35.0 Å². The van der Waals surface area contributed by atoms with Crippen LogP contribution in [0.3, 0.4) is 0 Å². The number of imide groups is 2. The van der Waals surface area contributed by atoms with Gasteiger partial charge in [-0.3, -0.25) is 38.6 Å². The van der Waals surface area contributed by atoms with E-state index in [-0.39, 0.29) is 18.7 Å². The third kappa shape index (κ3) is 8.37. The number of amides is 4. The topological polar surface area (TPSA) is 209 Å². The Hall–Kier alpha value is -6.77. The molecular weight excluding hydrogens is 901 g/mol. The van der Waals surface area contributed by atoms with Crippen molar-refractivity contribution in [3.05, 3.63) is 83.0 Å². The molecule has 360 valence electrons. The van der Waals surface area contributed by atoms with E-state index in [1.165, 1.54) is 10.6 Å². The fourth-order valence-electron chi connectivity index (χ4n) is 11.2. The second-order valence-corrected chi connectivity index (χ2v) is 21.0. The minimum atomic E-state index is -3.47. The zero-order valence-corrected chi connectivity index (χ0v) is 39.8. The molecule has 0 aliphatic carbocycles. The summed E-state index contributed by atoms with van der Waals surface area (Å²) in [6, 6.07) is 16.7. The van der Waals surface area contributed by atoms with Crippen molar-refractivity contribution in [2.75, 3.05) is 104 Å². The number of piperazine rings is 1. The van der Waals surface area contributed by atoms with Crippen molar-refractivity contribution in [2.45, 2.75) is 51.1 Å². The molecule has 0 spiro atoms. The number of H-pyrrole nitrogens is 1. The van der Waals surface area contributed by atoms with Crippen molar-refractivity contribution in [1.29, 1.82) is 0 Å². The van der Waals surface area contributed by atoms with Gasteiger partial charge in [0, 0.05) is 107 Å². The number of aromatic nitrogens is 3. The Labute approximate surface area is 400 Å². The monoisotopic (exact) mass is 956 g/mol. The summed E-state index contributed by atoms with van der Waals surface area (Å²) < 4.78 is 32.8. The molecule has 4 saturated heterocycles. The molecule has 4 N–H and O–H groups in total. The van der Waals surface area contributed by atoms with Crippen LogP contribution in [0.5, 0.6) is 5.75 Å². The van der Waals surface area contributed by atoms with E-state index in [4.69, 9.17) is 14.7 Å². The van der Waals surface area contributed by atoms with Crippen LogP contribution in [0.1, 0.15) is 57.5 Å². The third-order valence-electron chi connectivity index (χ3n) is 14.8. The van der Waals surface area contributed by atoms with Gasteiger partial charge in [-0.15, -0.1) is 0 Å². The lowest BCUT2D eigenvalue weighted by Gasteiger charge is -2.46. The van der Waals surface area contributed by atoms with E-state index < -0.39 is 33.8 Å². The lowest BCUT2D eigenvalue weighted by atomic mass is 9.96. The molecular formula is C49H56N12O7S. The molecule has 0 bridgehead atoms. The minimum Gasteiger partial charge on any atom is -0.494 e. The number of hydrogen-bond donors (Lipinski definition) is 4. The van der Waals surface area contributed by atoms with Gasteiger partial charge in [-0.1, -0.05) is 12.1 Å². The zero-order chi connectivity index (χ0) is 47.7. The number of anilines is 7. The number of nitrogens with one attached hydrogen (secondary N) is 4. The number of sulfonamides is 1. The molecule has 2 aromatic heterocycles. The predicted octanol–water partition coefficient (Wildman–Crippen LogP) is 4.21. The SMILES string of the molecule is COc1cc(N2CCC(N3CCN(CC4CN(c5ccc6c(c5)C(=O)N(C5CCC(=O)NC5=O)C6=O)C4)CC3)CC2)c(C)cc1Nc1nc(Nc2cccc3c2N(S(C)(=O)=O)CC3)c2cc[nH]c2n1. The molecule has 6 aliphatic heterocycles. The number of ether oxygens (including phenoxy) is 1. The highest BCUT2D eigenvalue weighted by atomic mass is 32.2. The molecule has 8 heterocycles. The third-order valence-corrected chi connectivity index (χ3v) is 15.9. The Balaban J connectivity index is 0.671. The number of carbonyl (C=O) groups is 4. The van der Waals surface area contributed by atoms with Gasteiger partial charge >= 0.3 is 0 Å². The summed E-state index contributed by atoms with van der Waals surface area (Å²) in [6.45, 7) is 11.3. The maximum absolute atomic E-state index is 13.4. The first-order chi connectivity index (χ1) is 33.3. The Morgan fingerprint density at radius 3 is 2.35 bits per heavy atom. The molecule has 0 radical (unpaired) electrons. The minimum absolute atomic E-state index is 0.0931. The number of rotatable bonds is 12. The standard InChI is InChI=1S/C49H56N12O7S/c1-29-23-38(52-49-54-44-35(11-15-50-44)45(55-49)51-37-6-4-5-31-12-18-60(43(31)37)69(3,66)67)41(68-2)25-40(29)58-16-13-32(14-17-58)57-21-19-56(20-22-57)26-30-27-59(28-30)33-7-8-34-36(24-33)48(65)61(47(34)64)39-9-10-42(62)53-46(39)63/h4-8,11,15,23-25,30,32,39H,9-10,12-14,16-22,26-28H2,1-3H3,(H,53,62,63)(H3,50,51,52,54,55). The van der Waals surface area contributed by atoms with Crippen LogP contribution in [0.2, 0.25) is 0 Å². The summed E-state index contributed by atoms with van der Waals surface area (Å²) >= 11 is 0. The molecule has 3 aromatic carbocycles. The first-order valence-corrected chi connectivity index (χ1v) is 25.6. The smallest absolute Gasteiger partial charge is 0.262 e. The van der Waals surface area contributed by atoms with Crippen molar-refractivity contribution >= 4 is 84.9 Å². The Bertz CT molecular complexity index is 3010. The number of carbonyl (C=O) groups excluding carboxylic acids is 4. The second-order valence-electron chi connectivity index (χ2n) is 19.1. The molecule has 19 nitrogen and oxygen atoms in total. The number of nitrogens with zero attached hydrogens (tertiary/aromatic N) is 8. The Morgan fingerprint density at radius 1 is 0.812 bits per heavy atom. The number of fused-ring (bicyclic) bond motifs is 3. The largest absolute Gasteiger partial charge is 0.494 e. The lowest BCUT2D eigenvalue weighted by molar-refractivity contribution is -0.136. The number of aryl methyl sites for hydroxylation is 1. The van der Waals surface area contributed by atoms with Crippen molar-refractivity contribution in [3.8, 4) is 5.75 Å². The normalized spacial score (nSPS) is 20.7. The molecule has 1 unspecified atom stereocenters. The van der Waals surface area contributed by atoms with Crippen molar-refractivity contribution in [2.24, 2.45) is 5.92 Å². The molecule has 4 fully saturated rings. The highest BCUT2D eigenvalue weighted by molar-refractivity contribution is 7.92. The van der Waals surface area contributed by atoms with E-state index in [0.29, 0.717) is 70.6 Å². The molecule has 1 atom stereocenters. The molecule has 69 heavy (non-hydrogen) atoms. The van der Waals surface area contributed by atoms with Crippen molar-refractivity contribution in [3.63, 3.8) is 0 Å². The zero-order valence-electron chi connectivity index (χ0n) is 39.0. The van der Waals surface area contributed by atoms with E-state index in [1.807, 2.05) is 30.3 Å². The number of piperidine rings is 2. The van der Waals surface area contributed by atoms with Crippen LogP contribution in [0.25, 0.3) is 11.0 Å². The fourth-order valence-corrected chi connectivity index (χ4v) is 12.1. The maximum Gasteiger partial charge on any atom is 0.262 e. The van der Waals surface area contributed by atoms with Crippen LogP contribution in [-0.4, -0.2) is 153 Å². The van der Waals surface area contributed by atoms with Gasteiger partial charge in [-0.05, 0) is 80.1 Å². The van der Waals surface area contributed by atoms with Crippen LogP contribution in [0, 0.1) is 12.8 Å². The second kappa shape index (κ2) is 17.6. The molecule has 6 aliphatic rings. The van der Waals surface area contributed by atoms with Gasteiger partial charge in [0.25, 0.3) is 11.8 Å². The quantitative estimate of drug-likeness (QED) is 0.129. The highest BCUT2D eigenvalue weighted by Gasteiger charge is 2.45. The van der Waals surface area contributed by atoms with Gasteiger partial charge in [0.05, 0.1) is 46.9 Å². The van der Waals surface area contributed by atoms with Crippen LogP contribution >= 0.6 is 0 Å². The highest BCUT2D eigenvalue weighted by Crippen LogP contribution is 2.41. The number of benzene rings is 3. The van der Waals surface area contributed by atoms with Gasteiger partial charge in [-0.2, -0.15) is 9.97 Å². The summed E-state index contributed by atoms with van der Waals surface area (Å²) in [4.78, 5) is 74.5. The number of methoxy groups -OCH3 is 1. The first kappa shape index (κ1) is 44.7. The Kier molecular flexibility index (Phi) is 11.4. The first-order valence-electron chi connectivity index (χ1n) is 23.8. The van der Waals surface area contributed by atoms with Crippen LogP contribution in [-0.2, 0) is 26.0 Å². The van der Waals surface area contributed by atoms with Gasteiger partial charge < -0.3 is 35.1 Å². The summed E-state index contributed by atoms with van der Waals surface area (Å²) in [6.07, 6.45) is 6.06. The predicted molar refractivity (Wildman–Crippen MR) is 263 cm³/mol. The number of para-hydroxylation sites is 1. The average Bonchev–Trinajstić information content (AvgIpc) is 4.05. The van der Waals surface area contributed by atoms with E-state index in [1.54, 1.807) is 25.4 Å². The van der Waals surface area contributed by atoms with Gasteiger partial charge in [0.1, 0.15) is 23.3 Å². The molecule has 4 amide bonds. The van der Waals surface area contributed by atoms with E-state index in [9.17, 15) is 27.6 Å². The van der Waals surface area contributed by atoms with Crippen LogP contribution in [0.15, 0.2) is 60.8 Å². The number of aromatic amines is 1. The summed E-state index contributed by atoms with van der Waals surface area (Å²) in [5, 5.41) is 9.86. The fraction of sp³-hybridized carbons (Fsp3) is 0.429. The van der Waals surface area contributed by atoms with E-state index in [0.717, 1.165) is 110 Å². The molecule has 5 aromatic rings. The Morgan fingerprint density at radius 2 is 1.59 bits per heavy atom. The maximum atomic E-state index is 13.4. The van der Waals surface area contributed by atoms with Gasteiger partial charge in [0.2, 0.25) is 27.8 Å². The van der Waals surface area contributed by atoms with Gasteiger partial charge in [0.15, 0.2) is 0 Å². The average molecular weight is 957 g/mol. The van der Waals surface area contributed by atoms with Gasteiger partial charge in [-0.25, -0.2) is 8.42 Å². The molecule has 0 saturated carbocycles. The molecule has 11 rings (SSSR count). The summed E-state index contributed by atoms with van der Waals surface area (Å²) in [5.41, 5.74) is 7.39. The molecule has 20 heteroatoms.